The van der Waals surface area contributed by atoms with Crippen molar-refractivity contribution in [3.8, 4) is 0 Å². The number of amides is 1. The number of esters is 1. The van der Waals surface area contributed by atoms with Gasteiger partial charge >= 0.3 is 5.97 Å². The van der Waals surface area contributed by atoms with Gasteiger partial charge in [-0.1, -0.05) is 270 Å². The van der Waals surface area contributed by atoms with Crippen molar-refractivity contribution in [1.82, 2.24) is 5.32 Å². The van der Waals surface area contributed by atoms with Gasteiger partial charge in [-0.2, -0.15) is 0 Å². The Morgan fingerprint density at radius 2 is 0.754 bits per heavy atom. The highest BCUT2D eigenvalue weighted by Crippen LogP contribution is 2.17. The Bertz CT molecular complexity index is 909. The summed E-state index contributed by atoms with van der Waals surface area (Å²) in [5.74, 6) is -0.0670. The third kappa shape index (κ3) is 47.9. The number of unbranched alkanes of at least 4 members (excludes halogenated alkanes) is 40. The summed E-state index contributed by atoms with van der Waals surface area (Å²) in [6, 6.07) is -0.630. The summed E-state index contributed by atoms with van der Waals surface area (Å²) in [5.41, 5.74) is 0. The first-order chi connectivity index (χ1) is 30.0. The van der Waals surface area contributed by atoms with Gasteiger partial charge in [-0.05, 0) is 32.1 Å². The van der Waals surface area contributed by atoms with Crippen molar-refractivity contribution in [2.24, 2.45) is 0 Å². The van der Waals surface area contributed by atoms with Crippen LogP contribution >= 0.6 is 0 Å². The van der Waals surface area contributed by atoms with Gasteiger partial charge in [0, 0.05) is 12.8 Å². The molecule has 6 nitrogen and oxygen atoms in total. The fourth-order valence-corrected chi connectivity index (χ4v) is 8.58. The second-order valence-electron chi connectivity index (χ2n) is 18.9. The Morgan fingerprint density at radius 3 is 1.11 bits per heavy atom. The molecule has 0 bridgehead atoms. The molecule has 2 atom stereocenters. The molecule has 0 radical (unpaired) electrons. The molecule has 1 amide bonds. The molecule has 0 aliphatic carbocycles. The van der Waals surface area contributed by atoms with E-state index in [4.69, 9.17) is 4.74 Å². The minimum absolute atomic E-state index is 0.00443. The van der Waals surface area contributed by atoms with Crippen LogP contribution in [0.3, 0.4) is 0 Å². The third-order valence-corrected chi connectivity index (χ3v) is 12.8. The van der Waals surface area contributed by atoms with E-state index in [9.17, 15) is 19.8 Å². The maximum Gasteiger partial charge on any atom is 0.305 e. The second kappa shape index (κ2) is 51.2. The molecule has 0 fully saturated rings. The number of ether oxygens (including phenoxy) is 1. The maximum absolute atomic E-state index is 12.4. The van der Waals surface area contributed by atoms with E-state index in [1.807, 2.05) is 6.08 Å². The summed E-state index contributed by atoms with van der Waals surface area (Å²) in [6.45, 7) is 4.90. The molecule has 0 aromatic heterocycles. The standard InChI is InChI=1S/C55H107NO5/c1-3-5-7-9-11-13-15-16-17-21-24-28-31-35-39-43-47-53(58)52(51-57)56-54(59)48-44-40-36-32-29-25-22-19-18-20-23-26-30-34-38-42-46-50-61-55(60)49-45-41-37-33-27-14-12-10-8-6-4-2/h43,47,52-53,57-58H,3-42,44-46,48-51H2,1-2H3,(H,56,59)/b47-43+. The maximum atomic E-state index is 12.4. The lowest BCUT2D eigenvalue weighted by molar-refractivity contribution is -0.143. The van der Waals surface area contributed by atoms with Gasteiger partial charge in [-0.15, -0.1) is 0 Å². The van der Waals surface area contributed by atoms with Crippen LogP contribution in [-0.2, 0) is 14.3 Å². The number of allylic oxidation sites excluding steroid dienone is 1. The quantitative estimate of drug-likeness (QED) is 0.0322. The fourth-order valence-electron chi connectivity index (χ4n) is 8.58. The first kappa shape index (κ1) is 59.6. The molecule has 362 valence electrons. The predicted octanol–water partition coefficient (Wildman–Crippen LogP) is 16.5. The molecular formula is C55H107NO5. The average Bonchev–Trinajstić information content (AvgIpc) is 3.26. The van der Waals surface area contributed by atoms with Crippen LogP contribution in [0.4, 0.5) is 0 Å². The topological polar surface area (TPSA) is 95.9 Å². The Labute approximate surface area is 380 Å². The highest BCUT2D eigenvalue weighted by atomic mass is 16.5. The highest BCUT2D eigenvalue weighted by molar-refractivity contribution is 5.76. The molecule has 0 spiro atoms. The highest BCUT2D eigenvalue weighted by Gasteiger charge is 2.18. The van der Waals surface area contributed by atoms with Crippen molar-refractivity contribution in [3.63, 3.8) is 0 Å². The number of aliphatic hydroxyl groups excluding tert-OH is 2. The zero-order valence-electron chi connectivity index (χ0n) is 41.2. The number of rotatable bonds is 51. The minimum atomic E-state index is -0.847. The van der Waals surface area contributed by atoms with E-state index in [1.54, 1.807) is 6.08 Å². The zero-order valence-corrected chi connectivity index (χ0v) is 41.2. The van der Waals surface area contributed by atoms with E-state index in [0.29, 0.717) is 19.4 Å². The minimum Gasteiger partial charge on any atom is -0.466 e. The lowest BCUT2D eigenvalue weighted by atomic mass is 10.0. The summed E-state index contributed by atoms with van der Waals surface area (Å²) in [7, 11) is 0. The van der Waals surface area contributed by atoms with E-state index >= 15 is 0 Å². The summed E-state index contributed by atoms with van der Waals surface area (Å²) in [4.78, 5) is 24.4. The van der Waals surface area contributed by atoms with Crippen LogP contribution in [0.5, 0.6) is 0 Å². The van der Waals surface area contributed by atoms with Gasteiger partial charge in [0.15, 0.2) is 0 Å². The van der Waals surface area contributed by atoms with Crippen LogP contribution < -0.4 is 5.32 Å². The third-order valence-electron chi connectivity index (χ3n) is 12.8. The van der Waals surface area contributed by atoms with Crippen LogP contribution in [0, 0.1) is 0 Å². The molecule has 0 rings (SSSR count). The Hall–Kier alpha value is -1.40. The van der Waals surface area contributed by atoms with Crippen molar-refractivity contribution in [1.29, 1.82) is 0 Å². The number of carbonyl (C=O) groups excluding carboxylic acids is 2. The number of hydrogen-bond acceptors (Lipinski definition) is 5. The van der Waals surface area contributed by atoms with Crippen LogP contribution in [0.25, 0.3) is 0 Å². The zero-order chi connectivity index (χ0) is 44.4. The van der Waals surface area contributed by atoms with Crippen molar-refractivity contribution in [2.45, 2.75) is 315 Å². The molecular weight excluding hydrogens is 755 g/mol. The molecule has 0 aliphatic heterocycles. The van der Waals surface area contributed by atoms with Crippen LogP contribution in [-0.4, -0.2) is 47.4 Å². The van der Waals surface area contributed by atoms with E-state index < -0.39 is 12.1 Å². The van der Waals surface area contributed by atoms with Crippen molar-refractivity contribution < 1.29 is 24.5 Å². The molecule has 3 N–H and O–H groups in total. The first-order valence-corrected chi connectivity index (χ1v) is 27.5. The van der Waals surface area contributed by atoms with Crippen molar-refractivity contribution >= 4 is 11.9 Å². The molecule has 0 saturated heterocycles. The summed E-state index contributed by atoms with van der Waals surface area (Å²) < 4.78 is 5.46. The monoisotopic (exact) mass is 862 g/mol. The molecule has 0 aromatic carbocycles. The van der Waals surface area contributed by atoms with Gasteiger partial charge in [-0.3, -0.25) is 9.59 Å². The van der Waals surface area contributed by atoms with Gasteiger partial charge in [0.1, 0.15) is 0 Å². The Kier molecular flexibility index (Phi) is 50.1. The van der Waals surface area contributed by atoms with Gasteiger partial charge in [-0.25, -0.2) is 0 Å². The van der Waals surface area contributed by atoms with Crippen LogP contribution in [0.15, 0.2) is 12.2 Å². The Morgan fingerprint density at radius 1 is 0.443 bits per heavy atom. The predicted molar refractivity (Wildman–Crippen MR) is 264 cm³/mol. The lowest BCUT2D eigenvalue weighted by Gasteiger charge is -2.20. The first-order valence-electron chi connectivity index (χ1n) is 27.5. The van der Waals surface area contributed by atoms with Crippen LogP contribution in [0.2, 0.25) is 0 Å². The molecule has 0 aliphatic rings. The molecule has 0 heterocycles. The number of aliphatic hydroxyl groups is 2. The Balaban J connectivity index is 3.45. The summed E-state index contributed by atoms with van der Waals surface area (Å²) in [6.07, 6.45) is 59.3. The van der Waals surface area contributed by atoms with Crippen molar-refractivity contribution in [3.05, 3.63) is 12.2 Å². The fraction of sp³-hybridized carbons (Fsp3) is 0.927. The molecule has 61 heavy (non-hydrogen) atoms. The van der Waals surface area contributed by atoms with Crippen LogP contribution in [0.1, 0.15) is 303 Å². The SMILES string of the molecule is CCCCCCCCCCCCCCCC/C=C/C(O)C(CO)NC(=O)CCCCCCCCCCCCCCCCCCCOC(=O)CCCCCCCCCCCCC. The molecule has 6 heteroatoms. The smallest absolute Gasteiger partial charge is 0.305 e. The van der Waals surface area contributed by atoms with Gasteiger partial charge in [0.2, 0.25) is 5.91 Å². The number of carbonyl (C=O) groups is 2. The van der Waals surface area contributed by atoms with Gasteiger partial charge < -0.3 is 20.3 Å². The van der Waals surface area contributed by atoms with Crippen molar-refractivity contribution in [2.75, 3.05) is 13.2 Å². The average molecular weight is 862 g/mol. The summed E-state index contributed by atoms with van der Waals surface area (Å²) >= 11 is 0. The summed E-state index contributed by atoms with van der Waals surface area (Å²) in [5, 5.41) is 23.1. The van der Waals surface area contributed by atoms with E-state index in [1.165, 1.54) is 231 Å². The normalized spacial score (nSPS) is 12.7. The number of nitrogens with one attached hydrogen (secondary N) is 1. The van der Waals surface area contributed by atoms with E-state index in [-0.39, 0.29) is 18.5 Å². The molecule has 0 aromatic rings. The molecule has 2 unspecified atom stereocenters. The lowest BCUT2D eigenvalue weighted by Crippen LogP contribution is -2.45. The molecule has 0 saturated carbocycles. The van der Waals surface area contributed by atoms with Gasteiger partial charge in [0.05, 0.1) is 25.4 Å². The largest absolute Gasteiger partial charge is 0.466 e. The number of hydrogen-bond donors (Lipinski definition) is 3. The second-order valence-corrected chi connectivity index (χ2v) is 18.9. The van der Waals surface area contributed by atoms with E-state index in [0.717, 1.165) is 44.9 Å². The van der Waals surface area contributed by atoms with E-state index in [2.05, 4.69) is 19.2 Å². The van der Waals surface area contributed by atoms with Gasteiger partial charge in [0.25, 0.3) is 0 Å².